The smallest absolute Gasteiger partial charge is 0.252 e. The van der Waals surface area contributed by atoms with Crippen LogP contribution in [0.2, 0.25) is 0 Å². The van der Waals surface area contributed by atoms with Crippen LogP contribution in [0.15, 0.2) is 27.1 Å². The van der Waals surface area contributed by atoms with E-state index in [0.717, 1.165) is 34.6 Å². The standard InChI is InChI=1S/C14H17Br2NO2/c15-10-4-5-12(16)11(8-10)13(18)17-9-14(19)6-2-1-3-7-14/h4-5,8,19H,1-3,6-7,9H2,(H,17,18). The summed E-state index contributed by atoms with van der Waals surface area (Å²) in [5, 5.41) is 13.2. The highest BCUT2D eigenvalue weighted by atomic mass is 79.9. The van der Waals surface area contributed by atoms with Gasteiger partial charge < -0.3 is 10.4 Å². The number of carbonyl (C=O) groups is 1. The van der Waals surface area contributed by atoms with Gasteiger partial charge in [-0.3, -0.25) is 4.79 Å². The predicted octanol–water partition coefficient (Wildman–Crippen LogP) is 3.64. The molecular formula is C14H17Br2NO2. The first-order valence-corrected chi connectivity index (χ1v) is 8.04. The lowest BCUT2D eigenvalue weighted by Crippen LogP contribution is -2.44. The number of halogens is 2. The molecule has 1 aliphatic carbocycles. The molecule has 104 valence electrons. The van der Waals surface area contributed by atoms with Gasteiger partial charge in [-0.25, -0.2) is 0 Å². The highest BCUT2D eigenvalue weighted by molar-refractivity contribution is 9.11. The van der Waals surface area contributed by atoms with E-state index in [9.17, 15) is 9.90 Å². The summed E-state index contributed by atoms with van der Waals surface area (Å²) in [4.78, 5) is 12.1. The Kier molecular flexibility index (Phi) is 5.03. The second-order valence-electron chi connectivity index (χ2n) is 5.09. The molecule has 0 saturated heterocycles. The predicted molar refractivity (Wildman–Crippen MR) is 82.2 cm³/mol. The zero-order valence-electron chi connectivity index (χ0n) is 10.6. The zero-order chi connectivity index (χ0) is 13.9. The van der Waals surface area contributed by atoms with Gasteiger partial charge in [-0.05, 0) is 47.0 Å². The summed E-state index contributed by atoms with van der Waals surface area (Å²) in [7, 11) is 0. The second kappa shape index (κ2) is 6.37. The molecule has 0 bridgehead atoms. The minimum atomic E-state index is -0.730. The Morgan fingerprint density at radius 1 is 1.26 bits per heavy atom. The molecule has 0 aromatic heterocycles. The van der Waals surface area contributed by atoms with Crippen molar-refractivity contribution in [3.05, 3.63) is 32.7 Å². The van der Waals surface area contributed by atoms with Gasteiger partial charge >= 0.3 is 0 Å². The average Bonchev–Trinajstić information content (AvgIpc) is 2.40. The molecule has 0 spiro atoms. The van der Waals surface area contributed by atoms with Crippen LogP contribution < -0.4 is 5.32 Å². The van der Waals surface area contributed by atoms with Crippen LogP contribution in [0.4, 0.5) is 0 Å². The molecule has 0 unspecified atom stereocenters. The van der Waals surface area contributed by atoms with Crippen LogP contribution >= 0.6 is 31.9 Å². The fourth-order valence-corrected chi connectivity index (χ4v) is 3.19. The number of amides is 1. The van der Waals surface area contributed by atoms with E-state index in [0.29, 0.717) is 12.1 Å². The number of hydrogen-bond donors (Lipinski definition) is 2. The molecule has 0 heterocycles. The van der Waals surface area contributed by atoms with Gasteiger partial charge in [-0.15, -0.1) is 0 Å². The number of aliphatic hydroxyl groups is 1. The molecule has 2 rings (SSSR count). The summed E-state index contributed by atoms with van der Waals surface area (Å²) >= 11 is 6.72. The number of rotatable bonds is 3. The van der Waals surface area contributed by atoms with Gasteiger partial charge in [0.15, 0.2) is 0 Å². The van der Waals surface area contributed by atoms with Crippen molar-refractivity contribution in [2.45, 2.75) is 37.7 Å². The lowest BCUT2D eigenvalue weighted by molar-refractivity contribution is 0.00525. The third kappa shape index (κ3) is 4.04. The van der Waals surface area contributed by atoms with Gasteiger partial charge in [0.1, 0.15) is 0 Å². The molecule has 1 aromatic carbocycles. The first-order valence-electron chi connectivity index (χ1n) is 6.46. The molecule has 3 nitrogen and oxygen atoms in total. The number of benzene rings is 1. The average molecular weight is 391 g/mol. The van der Waals surface area contributed by atoms with E-state index in [1.54, 1.807) is 6.07 Å². The van der Waals surface area contributed by atoms with E-state index in [2.05, 4.69) is 37.2 Å². The van der Waals surface area contributed by atoms with Crippen LogP contribution in [0.5, 0.6) is 0 Å². The van der Waals surface area contributed by atoms with Crippen molar-refractivity contribution in [3.63, 3.8) is 0 Å². The molecule has 5 heteroatoms. The summed E-state index contributed by atoms with van der Waals surface area (Å²) in [6, 6.07) is 5.47. The third-order valence-electron chi connectivity index (χ3n) is 3.54. The molecule has 0 aliphatic heterocycles. The molecule has 1 aliphatic rings. The lowest BCUT2D eigenvalue weighted by Gasteiger charge is -2.32. The Morgan fingerprint density at radius 2 is 1.95 bits per heavy atom. The van der Waals surface area contributed by atoms with Crippen molar-refractivity contribution in [1.29, 1.82) is 0 Å². The van der Waals surface area contributed by atoms with Gasteiger partial charge in [0.2, 0.25) is 0 Å². The Hall–Kier alpha value is -0.390. The summed E-state index contributed by atoms with van der Waals surface area (Å²) in [6.45, 7) is 0.324. The van der Waals surface area contributed by atoms with Gasteiger partial charge in [0.25, 0.3) is 5.91 Å². The van der Waals surface area contributed by atoms with E-state index < -0.39 is 5.60 Å². The molecule has 0 radical (unpaired) electrons. The van der Waals surface area contributed by atoms with E-state index in [4.69, 9.17) is 0 Å². The van der Waals surface area contributed by atoms with Gasteiger partial charge in [-0.2, -0.15) is 0 Å². The Labute approximate surface area is 130 Å². The normalized spacial score (nSPS) is 18.1. The van der Waals surface area contributed by atoms with E-state index in [1.165, 1.54) is 6.42 Å². The van der Waals surface area contributed by atoms with Crippen LogP contribution in [-0.2, 0) is 0 Å². The molecule has 1 aromatic rings. The summed E-state index contributed by atoms with van der Waals surface area (Å²) < 4.78 is 1.61. The first-order chi connectivity index (χ1) is 9.00. The number of nitrogens with one attached hydrogen (secondary N) is 1. The molecule has 2 N–H and O–H groups in total. The lowest BCUT2D eigenvalue weighted by atomic mass is 9.85. The van der Waals surface area contributed by atoms with Crippen molar-refractivity contribution in [2.75, 3.05) is 6.54 Å². The maximum Gasteiger partial charge on any atom is 0.252 e. The third-order valence-corrected chi connectivity index (χ3v) is 4.72. The van der Waals surface area contributed by atoms with E-state index in [-0.39, 0.29) is 5.91 Å². The quantitative estimate of drug-likeness (QED) is 0.827. The summed E-state index contributed by atoms with van der Waals surface area (Å²) in [5.74, 6) is -0.160. The van der Waals surface area contributed by atoms with Crippen molar-refractivity contribution in [3.8, 4) is 0 Å². The van der Waals surface area contributed by atoms with Gasteiger partial charge in [-0.1, -0.05) is 35.2 Å². The monoisotopic (exact) mass is 389 g/mol. The van der Waals surface area contributed by atoms with Crippen molar-refractivity contribution in [2.24, 2.45) is 0 Å². The molecule has 1 fully saturated rings. The zero-order valence-corrected chi connectivity index (χ0v) is 13.8. The fourth-order valence-electron chi connectivity index (χ4n) is 2.40. The van der Waals surface area contributed by atoms with Crippen molar-refractivity contribution >= 4 is 37.8 Å². The summed E-state index contributed by atoms with van der Waals surface area (Å²) in [6.07, 6.45) is 4.78. The molecule has 1 saturated carbocycles. The van der Waals surface area contributed by atoms with Crippen molar-refractivity contribution in [1.82, 2.24) is 5.32 Å². The van der Waals surface area contributed by atoms with Gasteiger partial charge in [0, 0.05) is 15.5 Å². The molecular weight excluding hydrogens is 374 g/mol. The van der Waals surface area contributed by atoms with Gasteiger partial charge in [0.05, 0.1) is 11.2 Å². The minimum absolute atomic E-state index is 0.160. The fraction of sp³-hybridized carbons (Fsp3) is 0.500. The van der Waals surface area contributed by atoms with Crippen LogP contribution in [-0.4, -0.2) is 23.2 Å². The SMILES string of the molecule is O=C(NCC1(O)CCCCC1)c1cc(Br)ccc1Br. The maximum atomic E-state index is 12.1. The summed E-state index contributed by atoms with van der Waals surface area (Å²) in [5.41, 5.74) is -0.152. The molecule has 1 amide bonds. The number of carbonyl (C=O) groups excluding carboxylic acids is 1. The van der Waals surface area contributed by atoms with Crippen LogP contribution in [0.1, 0.15) is 42.5 Å². The van der Waals surface area contributed by atoms with Crippen LogP contribution in [0.25, 0.3) is 0 Å². The van der Waals surface area contributed by atoms with Crippen molar-refractivity contribution < 1.29 is 9.90 Å². The Morgan fingerprint density at radius 3 is 2.63 bits per heavy atom. The highest BCUT2D eigenvalue weighted by Crippen LogP contribution is 2.27. The van der Waals surface area contributed by atoms with Crippen LogP contribution in [0.3, 0.4) is 0 Å². The minimum Gasteiger partial charge on any atom is -0.388 e. The second-order valence-corrected chi connectivity index (χ2v) is 6.86. The first kappa shape index (κ1) is 15.0. The number of hydrogen-bond acceptors (Lipinski definition) is 2. The highest BCUT2D eigenvalue weighted by Gasteiger charge is 2.29. The van der Waals surface area contributed by atoms with E-state index >= 15 is 0 Å². The Bertz CT molecular complexity index is 471. The largest absolute Gasteiger partial charge is 0.388 e. The maximum absolute atomic E-state index is 12.1. The topological polar surface area (TPSA) is 49.3 Å². The molecule has 19 heavy (non-hydrogen) atoms. The van der Waals surface area contributed by atoms with E-state index in [1.807, 2.05) is 12.1 Å². The van der Waals surface area contributed by atoms with Crippen LogP contribution in [0, 0.1) is 0 Å². The molecule has 0 atom stereocenters. The Balaban J connectivity index is 1.99.